The Morgan fingerprint density at radius 2 is 1.29 bits per heavy atom. The van der Waals surface area contributed by atoms with Gasteiger partial charge in [-0.25, -0.2) is 0 Å². The van der Waals surface area contributed by atoms with Gasteiger partial charge in [0, 0.05) is 0 Å². The summed E-state index contributed by atoms with van der Waals surface area (Å²) in [4.78, 5) is 14.3. The third-order valence-electron chi connectivity index (χ3n) is 0. The van der Waals surface area contributed by atoms with E-state index in [9.17, 15) is 0 Å². The van der Waals surface area contributed by atoms with Gasteiger partial charge in [-0.05, 0) is 0 Å². The normalized spacial score (nSPS) is 3.43. The molecule has 3 nitrogen and oxygen atoms in total. The molecule has 0 aliphatic heterocycles. The van der Waals surface area contributed by atoms with Crippen LogP contribution >= 0.6 is 0 Å². The molecular weight excluding hydrogens is 448 g/mol. The van der Waals surface area contributed by atoms with Crippen LogP contribution in [0.25, 0.3) is 0 Å². The van der Waals surface area contributed by atoms with E-state index in [1.54, 1.807) is 0 Å². The molecule has 0 heterocycles. The molecule has 0 aliphatic carbocycles. The van der Waals surface area contributed by atoms with E-state index in [2.05, 4.69) is 0 Å². The van der Waals surface area contributed by atoms with Crippen LogP contribution < -0.4 is 0 Å². The van der Waals surface area contributed by atoms with E-state index in [1.807, 2.05) is 0 Å². The summed E-state index contributed by atoms with van der Waals surface area (Å²) < 4.78 is 8.74. The maximum absolute atomic E-state index is 8.74. The molecule has 0 aromatic rings. The molecule has 0 unspecified atom stereocenters. The quantitative estimate of drug-likeness (QED) is 0.361. The standard InChI is InChI=1S/Al.Ba.H2O3Si.Pb.7H/c;;1-4(2)3;;;;;;;;/h;;1-2H;;;;;;;;. The van der Waals surface area contributed by atoms with E-state index in [0.717, 1.165) is 0 Å². The summed E-state index contributed by atoms with van der Waals surface area (Å²) in [5, 5.41) is 0. The Hall–Kier alpha value is 2.64. The molecule has 7 heavy (non-hydrogen) atoms. The van der Waals surface area contributed by atoms with Gasteiger partial charge in [0.2, 0.25) is 0 Å². The van der Waals surface area contributed by atoms with Crippen LogP contribution in [0.2, 0.25) is 0 Å². The predicted molar refractivity (Wildman–Crippen MR) is 37.9 cm³/mol. The second kappa shape index (κ2) is 15.9. The van der Waals surface area contributed by atoms with Crippen molar-refractivity contribution >= 4 is 103 Å². The van der Waals surface area contributed by atoms with Crippen molar-refractivity contribution in [3.8, 4) is 0 Å². The maximum atomic E-state index is 8.74. The number of hydrogen-bond donors (Lipinski definition) is 2. The van der Waals surface area contributed by atoms with Crippen molar-refractivity contribution in [1.82, 2.24) is 0 Å². The van der Waals surface area contributed by atoms with Gasteiger partial charge in [0.1, 0.15) is 0 Å². The van der Waals surface area contributed by atoms with Crippen LogP contribution in [0.1, 0.15) is 0 Å². The molecular formula is H9AlBaO3PbSi. The van der Waals surface area contributed by atoms with Gasteiger partial charge in [0.15, 0.2) is 17.4 Å². The summed E-state index contributed by atoms with van der Waals surface area (Å²) in [6.07, 6.45) is 0. The first kappa shape index (κ1) is 22.6. The van der Waals surface area contributed by atoms with E-state index in [-0.39, 0.29) is 93.5 Å². The van der Waals surface area contributed by atoms with Crippen molar-refractivity contribution in [2.24, 2.45) is 0 Å². The zero-order valence-electron chi connectivity index (χ0n) is 2.51. The van der Waals surface area contributed by atoms with Gasteiger partial charge in [-0.2, -0.15) is 0 Å². The molecule has 2 radical (unpaired) electrons. The van der Waals surface area contributed by atoms with Crippen LogP contribution in [-0.4, -0.2) is 112 Å². The average molecular weight is 457 g/mol. The Balaban J connectivity index is -0.0000000150. The predicted octanol–water partition coefficient (Wildman–Crippen LogP) is -4.63. The Labute approximate surface area is 114 Å². The summed E-state index contributed by atoms with van der Waals surface area (Å²) in [7, 11) is -3.13. The minimum atomic E-state index is -3.13. The van der Waals surface area contributed by atoms with Crippen molar-refractivity contribution in [2.75, 3.05) is 0 Å². The summed E-state index contributed by atoms with van der Waals surface area (Å²) in [6.45, 7) is 0. The van der Waals surface area contributed by atoms with Gasteiger partial charge in [0.25, 0.3) is 0 Å². The molecule has 0 rings (SSSR count). The first-order valence-corrected chi connectivity index (χ1v) is 1.95. The van der Waals surface area contributed by atoms with Crippen LogP contribution in [0.5, 0.6) is 0 Å². The fraction of sp³-hybridized carbons (Fsp3) is 0. The number of hydrogen-bond acceptors (Lipinski definition) is 1. The molecule has 2 N–H and O–H groups in total. The van der Waals surface area contributed by atoms with E-state index < -0.39 is 9.17 Å². The van der Waals surface area contributed by atoms with Gasteiger partial charge in [0.05, 0.1) is 0 Å². The summed E-state index contributed by atoms with van der Waals surface area (Å²) in [5.41, 5.74) is 0. The SMILES string of the molecule is O=[Si](O)O.[AlH3].[BaH2].[PbH2]. The van der Waals surface area contributed by atoms with E-state index >= 15 is 0 Å². The Kier molecular flexibility index (Phi) is 51.2. The molecule has 0 saturated heterocycles. The molecule has 0 aliphatic rings. The summed E-state index contributed by atoms with van der Waals surface area (Å²) >= 11 is 0. The monoisotopic (exact) mass is 458 g/mol. The molecule has 0 saturated carbocycles. The zero-order valence-corrected chi connectivity index (χ0v) is 9.01. The van der Waals surface area contributed by atoms with Gasteiger partial charge in [-0.15, -0.1) is 0 Å². The topological polar surface area (TPSA) is 57.5 Å². The fourth-order valence-corrected chi connectivity index (χ4v) is 0. The third-order valence-corrected chi connectivity index (χ3v) is 0. The Bertz CT molecular complexity index is 37.9. The molecule has 0 bridgehead atoms. The molecule has 7 heteroatoms. The van der Waals surface area contributed by atoms with Crippen molar-refractivity contribution in [3.05, 3.63) is 0 Å². The van der Waals surface area contributed by atoms with Crippen LogP contribution in [-0.2, 0) is 4.46 Å². The van der Waals surface area contributed by atoms with Crippen LogP contribution in [0.4, 0.5) is 0 Å². The van der Waals surface area contributed by atoms with Crippen LogP contribution in [0, 0.1) is 0 Å². The van der Waals surface area contributed by atoms with E-state index in [4.69, 9.17) is 14.1 Å². The number of rotatable bonds is 0. The van der Waals surface area contributed by atoms with Gasteiger partial charge < -0.3 is 9.59 Å². The molecule has 0 amide bonds. The van der Waals surface area contributed by atoms with Crippen molar-refractivity contribution in [2.45, 2.75) is 0 Å². The van der Waals surface area contributed by atoms with Crippen molar-refractivity contribution < 1.29 is 14.1 Å². The van der Waals surface area contributed by atoms with Crippen molar-refractivity contribution in [3.63, 3.8) is 0 Å². The summed E-state index contributed by atoms with van der Waals surface area (Å²) in [6, 6.07) is 0. The first-order valence-electron chi connectivity index (χ1n) is 0.651. The Morgan fingerprint density at radius 1 is 1.29 bits per heavy atom. The zero-order chi connectivity index (χ0) is 3.58. The van der Waals surface area contributed by atoms with Gasteiger partial charge >= 0.3 is 85.4 Å². The average Bonchev–Trinajstić information content (AvgIpc) is 0.811. The summed E-state index contributed by atoms with van der Waals surface area (Å²) in [5.74, 6) is 0. The molecule has 0 aromatic carbocycles. The van der Waals surface area contributed by atoms with Crippen LogP contribution in [0.3, 0.4) is 0 Å². The molecule has 0 atom stereocenters. The second-order valence-corrected chi connectivity index (χ2v) is 0.848. The fourth-order valence-electron chi connectivity index (χ4n) is 0. The van der Waals surface area contributed by atoms with Gasteiger partial charge in [-0.3, -0.25) is 4.46 Å². The molecule has 40 valence electrons. The minimum absolute atomic E-state index is 0. The second-order valence-electron chi connectivity index (χ2n) is 0.283. The van der Waals surface area contributed by atoms with Gasteiger partial charge in [-0.1, -0.05) is 0 Å². The molecule has 0 spiro atoms. The third kappa shape index (κ3) is 54.6. The van der Waals surface area contributed by atoms with E-state index in [0.29, 0.717) is 0 Å². The molecule has 0 aromatic heterocycles. The first-order chi connectivity index (χ1) is 1.73. The van der Waals surface area contributed by atoms with Crippen molar-refractivity contribution in [1.29, 1.82) is 0 Å². The molecule has 0 fully saturated rings. The Morgan fingerprint density at radius 3 is 1.29 bits per heavy atom. The van der Waals surface area contributed by atoms with E-state index in [1.165, 1.54) is 0 Å². The van der Waals surface area contributed by atoms with Crippen LogP contribution in [0.15, 0.2) is 0 Å².